The summed E-state index contributed by atoms with van der Waals surface area (Å²) in [6.45, 7) is 5.05. The van der Waals surface area contributed by atoms with E-state index in [2.05, 4.69) is 12.2 Å². The number of hydrogen-bond acceptors (Lipinski definition) is 3. The topological polar surface area (TPSA) is 41.5 Å². The Morgan fingerprint density at radius 1 is 1.23 bits per heavy atom. The predicted octanol–water partition coefficient (Wildman–Crippen LogP) is 3.30. The fourth-order valence-corrected chi connectivity index (χ4v) is 3.64. The zero-order chi connectivity index (χ0) is 15.4. The average Bonchev–Trinajstić information content (AvgIpc) is 3.35. The van der Waals surface area contributed by atoms with Crippen LogP contribution in [-0.4, -0.2) is 30.9 Å². The van der Waals surface area contributed by atoms with Crippen LogP contribution >= 0.6 is 0 Å². The monoisotopic (exact) mass is 303 g/mol. The van der Waals surface area contributed by atoms with E-state index in [1.54, 1.807) is 0 Å². The molecule has 0 radical (unpaired) electrons. The van der Waals surface area contributed by atoms with E-state index >= 15 is 0 Å². The number of aliphatic hydroxyl groups is 1. The zero-order valence-corrected chi connectivity index (χ0v) is 13.6. The SMILES string of the molecule is CC(CC1CCOCC1)NCC1(C(O)c2ccccc2)CC1. The molecule has 1 saturated heterocycles. The van der Waals surface area contributed by atoms with E-state index in [-0.39, 0.29) is 11.5 Å². The van der Waals surface area contributed by atoms with Gasteiger partial charge in [-0.1, -0.05) is 30.3 Å². The molecule has 0 amide bonds. The highest BCUT2D eigenvalue weighted by atomic mass is 16.5. The third-order valence-corrected chi connectivity index (χ3v) is 5.42. The molecule has 3 nitrogen and oxygen atoms in total. The lowest BCUT2D eigenvalue weighted by molar-refractivity contribution is 0.0593. The fraction of sp³-hybridized carbons (Fsp3) is 0.684. The molecule has 22 heavy (non-hydrogen) atoms. The van der Waals surface area contributed by atoms with Crippen molar-refractivity contribution < 1.29 is 9.84 Å². The summed E-state index contributed by atoms with van der Waals surface area (Å²) < 4.78 is 5.43. The van der Waals surface area contributed by atoms with Gasteiger partial charge in [0.15, 0.2) is 0 Å². The van der Waals surface area contributed by atoms with Crippen LogP contribution in [0.15, 0.2) is 30.3 Å². The Morgan fingerprint density at radius 2 is 1.91 bits per heavy atom. The molecule has 1 aromatic carbocycles. The minimum atomic E-state index is -0.337. The van der Waals surface area contributed by atoms with E-state index in [9.17, 15) is 5.11 Å². The van der Waals surface area contributed by atoms with Gasteiger partial charge in [-0.3, -0.25) is 0 Å². The van der Waals surface area contributed by atoms with Crippen molar-refractivity contribution in [3.8, 4) is 0 Å². The quantitative estimate of drug-likeness (QED) is 0.812. The number of aliphatic hydroxyl groups excluding tert-OH is 1. The molecule has 2 unspecified atom stereocenters. The average molecular weight is 303 g/mol. The molecule has 2 fully saturated rings. The van der Waals surface area contributed by atoms with Gasteiger partial charge in [0.2, 0.25) is 0 Å². The van der Waals surface area contributed by atoms with Crippen LogP contribution in [0.2, 0.25) is 0 Å². The minimum absolute atomic E-state index is 0.0608. The van der Waals surface area contributed by atoms with E-state index in [1.165, 1.54) is 19.3 Å². The zero-order valence-electron chi connectivity index (χ0n) is 13.6. The second-order valence-corrected chi connectivity index (χ2v) is 7.25. The minimum Gasteiger partial charge on any atom is -0.388 e. The summed E-state index contributed by atoms with van der Waals surface area (Å²) in [6.07, 6.45) is 5.53. The summed E-state index contributed by atoms with van der Waals surface area (Å²) >= 11 is 0. The van der Waals surface area contributed by atoms with Gasteiger partial charge >= 0.3 is 0 Å². The van der Waals surface area contributed by atoms with Crippen molar-refractivity contribution in [1.82, 2.24) is 5.32 Å². The van der Waals surface area contributed by atoms with Crippen LogP contribution in [-0.2, 0) is 4.74 Å². The second kappa shape index (κ2) is 7.12. The lowest BCUT2D eigenvalue weighted by atomic mass is 9.90. The summed E-state index contributed by atoms with van der Waals surface area (Å²) in [5.74, 6) is 0.797. The lowest BCUT2D eigenvalue weighted by Gasteiger charge is -2.28. The molecule has 3 rings (SSSR count). The Labute approximate surface area is 134 Å². The van der Waals surface area contributed by atoms with E-state index < -0.39 is 0 Å². The van der Waals surface area contributed by atoms with E-state index in [4.69, 9.17) is 4.74 Å². The van der Waals surface area contributed by atoms with Gasteiger partial charge in [0.1, 0.15) is 0 Å². The van der Waals surface area contributed by atoms with Gasteiger partial charge in [0, 0.05) is 31.2 Å². The van der Waals surface area contributed by atoms with Crippen LogP contribution in [0.1, 0.15) is 50.7 Å². The number of ether oxygens (including phenoxy) is 1. The van der Waals surface area contributed by atoms with Crippen LogP contribution in [0.5, 0.6) is 0 Å². The molecule has 2 aliphatic rings. The Bertz CT molecular complexity index is 452. The third-order valence-electron chi connectivity index (χ3n) is 5.42. The first-order valence-electron chi connectivity index (χ1n) is 8.74. The van der Waals surface area contributed by atoms with Crippen molar-refractivity contribution >= 4 is 0 Å². The maximum absolute atomic E-state index is 10.7. The van der Waals surface area contributed by atoms with Crippen molar-refractivity contribution in [2.24, 2.45) is 11.3 Å². The van der Waals surface area contributed by atoms with E-state index in [1.807, 2.05) is 30.3 Å². The number of rotatable bonds is 7. The van der Waals surface area contributed by atoms with Crippen molar-refractivity contribution in [1.29, 1.82) is 0 Å². The maximum Gasteiger partial charge on any atom is 0.0858 e. The summed E-state index contributed by atoms with van der Waals surface area (Å²) in [4.78, 5) is 0. The summed E-state index contributed by atoms with van der Waals surface area (Å²) in [5, 5.41) is 14.4. The summed E-state index contributed by atoms with van der Waals surface area (Å²) in [5.41, 5.74) is 1.12. The van der Waals surface area contributed by atoms with Crippen molar-refractivity contribution in [2.45, 2.75) is 51.2 Å². The van der Waals surface area contributed by atoms with Gasteiger partial charge in [0.05, 0.1) is 6.10 Å². The predicted molar refractivity (Wildman–Crippen MR) is 88.7 cm³/mol. The third kappa shape index (κ3) is 3.89. The highest BCUT2D eigenvalue weighted by Crippen LogP contribution is 2.54. The molecule has 1 aliphatic heterocycles. The van der Waals surface area contributed by atoms with Gasteiger partial charge < -0.3 is 15.2 Å². The maximum atomic E-state index is 10.7. The van der Waals surface area contributed by atoms with Crippen LogP contribution in [0.4, 0.5) is 0 Å². The van der Waals surface area contributed by atoms with Crippen molar-refractivity contribution in [2.75, 3.05) is 19.8 Å². The Balaban J connectivity index is 1.48. The second-order valence-electron chi connectivity index (χ2n) is 7.25. The van der Waals surface area contributed by atoms with Gasteiger partial charge in [-0.05, 0) is 50.5 Å². The van der Waals surface area contributed by atoms with Gasteiger partial charge in [-0.2, -0.15) is 0 Å². The molecule has 1 aromatic rings. The molecule has 0 spiro atoms. The summed E-state index contributed by atoms with van der Waals surface area (Å²) in [7, 11) is 0. The van der Waals surface area contributed by atoms with Gasteiger partial charge in [0.25, 0.3) is 0 Å². The number of nitrogens with one attached hydrogen (secondary N) is 1. The lowest BCUT2D eigenvalue weighted by Crippen LogP contribution is -2.36. The first kappa shape index (κ1) is 16.0. The van der Waals surface area contributed by atoms with E-state index in [0.717, 1.165) is 44.1 Å². The molecule has 2 N–H and O–H groups in total. The molecular weight excluding hydrogens is 274 g/mol. The molecule has 1 heterocycles. The van der Waals surface area contributed by atoms with E-state index in [0.29, 0.717) is 6.04 Å². The Kier molecular flexibility index (Phi) is 5.17. The molecule has 2 atom stereocenters. The fourth-order valence-electron chi connectivity index (χ4n) is 3.64. The van der Waals surface area contributed by atoms with Crippen LogP contribution < -0.4 is 5.32 Å². The van der Waals surface area contributed by atoms with Gasteiger partial charge in [-0.25, -0.2) is 0 Å². The molecule has 0 aromatic heterocycles. The number of hydrogen-bond donors (Lipinski definition) is 2. The molecule has 0 bridgehead atoms. The van der Waals surface area contributed by atoms with Crippen LogP contribution in [0, 0.1) is 11.3 Å². The molecule has 1 saturated carbocycles. The van der Waals surface area contributed by atoms with Crippen LogP contribution in [0.25, 0.3) is 0 Å². The molecule has 1 aliphatic carbocycles. The number of benzene rings is 1. The van der Waals surface area contributed by atoms with Crippen molar-refractivity contribution in [3.05, 3.63) is 35.9 Å². The largest absolute Gasteiger partial charge is 0.388 e. The molecular formula is C19H29NO2. The van der Waals surface area contributed by atoms with Crippen molar-refractivity contribution in [3.63, 3.8) is 0 Å². The smallest absolute Gasteiger partial charge is 0.0858 e. The highest BCUT2D eigenvalue weighted by Gasteiger charge is 2.49. The summed E-state index contributed by atoms with van der Waals surface area (Å²) in [6, 6.07) is 10.6. The van der Waals surface area contributed by atoms with Crippen LogP contribution in [0.3, 0.4) is 0 Å². The Morgan fingerprint density at radius 3 is 2.55 bits per heavy atom. The normalized spacial score (nSPS) is 23.9. The molecule has 3 heteroatoms. The highest BCUT2D eigenvalue weighted by molar-refractivity contribution is 5.22. The Hall–Kier alpha value is -0.900. The standard InChI is InChI=1S/C19H29NO2/c1-15(13-16-7-11-22-12-8-16)20-14-19(9-10-19)18(21)17-5-3-2-4-6-17/h2-6,15-16,18,20-21H,7-14H2,1H3. The first-order chi connectivity index (χ1) is 10.7. The molecule has 122 valence electrons. The van der Waals surface area contributed by atoms with Gasteiger partial charge in [-0.15, -0.1) is 0 Å². The first-order valence-corrected chi connectivity index (χ1v) is 8.74.